The van der Waals surface area contributed by atoms with Crippen molar-refractivity contribution < 1.29 is 19.1 Å². The van der Waals surface area contributed by atoms with Gasteiger partial charge in [-0.3, -0.25) is 9.59 Å². The molecule has 0 amide bonds. The maximum atomic E-state index is 12.5. The Balaban J connectivity index is 2.00. The summed E-state index contributed by atoms with van der Waals surface area (Å²) in [7, 11) is 0. The van der Waals surface area contributed by atoms with Gasteiger partial charge in [-0.05, 0) is 64.2 Å². The first-order valence-corrected chi connectivity index (χ1v) is 19.7. The van der Waals surface area contributed by atoms with E-state index in [9.17, 15) is 9.59 Å². The Morgan fingerprint density at radius 1 is 0.455 bits per heavy atom. The molecule has 0 aromatic carbocycles. The molecule has 0 spiro atoms. The van der Waals surface area contributed by atoms with Crippen molar-refractivity contribution in [1.29, 1.82) is 0 Å². The van der Waals surface area contributed by atoms with Crippen LogP contribution in [0, 0.1) is 0 Å². The minimum absolute atomic E-state index is 0.113. The van der Waals surface area contributed by atoms with E-state index in [1.165, 1.54) is 141 Å². The largest absolute Gasteiger partial charge is 0.458 e. The quantitative estimate of drug-likeness (QED) is 0.0440. The number of allylic oxidation sites excluding steroid dienone is 2. The van der Waals surface area contributed by atoms with Crippen LogP contribution in [0.1, 0.15) is 219 Å². The molecule has 0 heterocycles. The first-order valence-electron chi connectivity index (χ1n) is 19.7. The molecule has 258 valence electrons. The van der Waals surface area contributed by atoms with Crippen molar-refractivity contribution in [2.75, 3.05) is 0 Å². The molecule has 0 N–H and O–H groups in total. The topological polar surface area (TPSA) is 52.6 Å². The van der Waals surface area contributed by atoms with E-state index in [-0.39, 0.29) is 24.1 Å². The Morgan fingerprint density at radius 2 is 0.750 bits per heavy atom. The van der Waals surface area contributed by atoms with Crippen molar-refractivity contribution in [2.24, 2.45) is 0 Å². The lowest BCUT2D eigenvalue weighted by Gasteiger charge is -2.30. The molecule has 0 radical (unpaired) electrons. The summed E-state index contributed by atoms with van der Waals surface area (Å²) < 4.78 is 11.6. The molecule has 2 atom stereocenters. The molecular weight excluding hydrogens is 544 g/mol. The van der Waals surface area contributed by atoms with Crippen molar-refractivity contribution in [3.63, 3.8) is 0 Å². The van der Waals surface area contributed by atoms with Gasteiger partial charge in [-0.2, -0.15) is 0 Å². The molecule has 0 aliphatic heterocycles. The van der Waals surface area contributed by atoms with Gasteiger partial charge in [0.25, 0.3) is 0 Å². The Morgan fingerprint density at radius 3 is 1.09 bits per heavy atom. The third kappa shape index (κ3) is 26.0. The lowest BCUT2D eigenvalue weighted by molar-refractivity contribution is -0.171. The van der Waals surface area contributed by atoms with E-state index in [0.717, 1.165) is 51.4 Å². The summed E-state index contributed by atoms with van der Waals surface area (Å²) in [6.07, 6.45) is 42.0. The average Bonchev–Trinajstić information content (AvgIpc) is 3.02. The van der Waals surface area contributed by atoms with Crippen molar-refractivity contribution in [1.82, 2.24) is 0 Å². The lowest BCUT2D eigenvalue weighted by Crippen LogP contribution is -2.37. The molecule has 4 heteroatoms. The van der Waals surface area contributed by atoms with Gasteiger partial charge in [0.15, 0.2) is 0 Å². The summed E-state index contributed by atoms with van der Waals surface area (Å²) >= 11 is 0. The van der Waals surface area contributed by atoms with Gasteiger partial charge in [0.2, 0.25) is 0 Å². The summed E-state index contributed by atoms with van der Waals surface area (Å²) in [6, 6.07) is 0. The number of carbonyl (C=O) groups is 2. The third-order valence-corrected chi connectivity index (χ3v) is 9.33. The van der Waals surface area contributed by atoms with Gasteiger partial charge >= 0.3 is 11.9 Å². The molecule has 0 aromatic heterocycles. The van der Waals surface area contributed by atoms with E-state index < -0.39 is 0 Å². The second-order valence-corrected chi connectivity index (χ2v) is 13.7. The maximum Gasteiger partial charge on any atom is 0.306 e. The molecule has 0 unspecified atom stereocenters. The van der Waals surface area contributed by atoms with Crippen LogP contribution in [-0.2, 0) is 19.1 Å². The van der Waals surface area contributed by atoms with Gasteiger partial charge in [0.1, 0.15) is 12.2 Å². The predicted octanol–water partition coefficient (Wildman–Crippen LogP) is 12.9. The van der Waals surface area contributed by atoms with Gasteiger partial charge < -0.3 is 9.47 Å². The van der Waals surface area contributed by atoms with Crippen molar-refractivity contribution in [2.45, 2.75) is 232 Å². The Labute approximate surface area is 274 Å². The fourth-order valence-electron chi connectivity index (χ4n) is 6.42. The minimum atomic E-state index is -0.255. The Hall–Kier alpha value is -1.32. The van der Waals surface area contributed by atoms with Crippen LogP contribution in [0.3, 0.4) is 0 Å². The van der Waals surface area contributed by atoms with E-state index in [1.54, 1.807) is 0 Å². The van der Waals surface area contributed by atoms with E-state index in [0.29, 0.717) is 12.8 Å². The number of unbranched alkanes of at least 4 members (excludes halogenated alkanes) is 23. The molecule has 1 rings (SSSR count). The number of hydrogen-bond acceptors (Lipinski definition) is 4. The molecule has 1 aliphatic carbocycles. The van der Waals surface area contributed by atoms with E-state index >= 15 is 0 Å². The van der Waals surface area contributed by atoms with Crippen LogP contribution in [0.4, 0.5) is 0 Å². The standard InChI is InChI=1S/C40H74O4/c1-3-5-7-9-11-13-15-17-18-20-22-24-26-28-30-36-40(42)44-38-34-32-31-33-37(38)43-39(41)35-29-27-25-23-21-19-16-14-12-10-8-6-4-2/h17-18,37-38H,3-16,19-36H2,1-2H3/b18-17-/t37-,38+/m0/s1. The molecule has 1 saturated carbocycles. The number of carbonyl (C=O) groups excluding carboxylic acids is 2. The monoisotopic (exact) mass is 619 g/mol. The van der Waals surface area contributed by atoms with Crippen LogP contribution in [0.15, 0.2) is 12.2 Å². The SMILES string of the molecule is CCCCCCCC/C=C\CCCCCCCC(=O)O[C@@H]1CCCC[C@@H]1OC(=O)CCCCCCCCCCCCCCC. The molecule has 44 heavy (non-hydrogen) atoms. The molecule has 0 saturated heterocycles. The summed E-state index contributed by atoms with van der Waals surface area (Å²) in [5.74, 6) is -0.231. The van der Waals surface area contributed by atoms with E-state index in [1.807, 2.05) is 0 Å². The molecule has 1 aliphatic rings. The Bertz CT molecular complexity index is 672. The van der Waals surface area contributed by atoms with E-state index in [4.69, 9.17) is 9.47 Å². The number of ether oxygens (including phenoxy) is 2. The zero-order valence-electron chi connectivity index (χ0n) is 29.6. The van der Waals surface area contributed by atoms with Crippen molar-refractivity contribution >= 4 is 11.9 Å². The van der Waals surface area contributed by atoms with Gasteiger partial charge in [-0.25, -0.2) is 0 Å². The van der Waals surface area contributed by atoms with Crippen LogP contribution in [-0.4, -0.2) is 24.1 Å². The fourth-order valence-corrected chi connectivity index (χ4v) is 6.42. The molecular formula is C40H74O4. The van der Waals surface area contributed by atoms with Crippen LogP contribution in [0.25, 0.3) is 0 Å². The van der Waals surface area contributed by atoms with Crippen LogP contribution in [0.2, 0.25) is 0 Å². The minimum Gasteiger partial charge on any atom is -0.458 e. The van der Waals surface area contributed by atoms with Gasteiger partial charge in [0.05, 0.1) is 0 Å². The van der Waals surface area contributed by atoms with Crippen LogP contribution < -0.4 is 0 Å². The second kappa shape index (κ2) is 31.7. The highest BCUT2D eigenvalue weighted by molar-refractivity contribution is 5.70. The highest BCUT2D eigenvalue weighted by atomic mass is 16.6. The molecule has 4 nitrogen and oxygen atoms in total. The van der Waals surface area contributed by atoms with Crippen LogP contribution in [0.5, 0.6) is 0 Å². The predicted molar refractivity (Wildman–Crippen MR) is 188 cm³/mol. The first kappa shape index (κ1) is 40.7. The molecule has 0 bridgehead atoms. The average molecular weight is 619 g/mol. The molecule has 1 fully saturated rings. The van der Waals surface area contributed by atoms with Crippen molar-refractivity contribution in [3.8, 4) is 0 Å². The highest BCUT2D eigenvalue weighted by Gasteiger charge is 2.31. The van der Waals surface area contributed by atoms with Crippen LogP contribution >= 0.6 is 0 Å². The maximum absolute atomic E-state index is 12.5. The zero-order chi connectivity index (χ0) is 31.8. The van der Waals surface area contributed by atoms with Crippen molar-refractivity contribution in [3.05, 3.63) is 12.2 Å². The molecule has 0 aromatic rings. The highest BCUT2D eigenvalue weighted by Crippen LogP contribution is 2.25. The summed E-state index contributed by atoms with van der Waals surface area (Å²) in [6.45, 7) is 4.54. The normalized spacial score (nSPS) is 16.9. The lowest BCUT2D eigenvalue weighted by atomic mass is 9.94. The number of rotatable bonds is 31. The summed E-state index contributed by atoms with van der Waals surface area (Å²) in [5.41, 5.74) is 0. The number of hydrogen-bond donors (Lipinski definition) is 0. The zero-order valence-corrected chi connectivity index (χ0v) is 29.6. The first-order chi connectivity index (χ1) is 21.7. The summed E-state index contributed by atoms with van der Waals surface area (Å²) in [5, 5.41) is 0. The third-order valence-electron chi connectivity index (χ3n) is 9.33. The van der Waals surface area contributed by atoms with Gasteiger partial charge in [0, 0.05) is 12.8 Å². The number of esters is 2. The van der Waals surface area contributed by atoms with Gasteiger partial charge in [-0.15, -0.1) is 0 Å². The summed E-state index contributed by atoms with van der Waals surface area (Å²) in [4.78, 5) is 25.0. The Kier molecular flexibility index (Phi) is 29.3. The smallest absolute Gasteiger partial charge is 0.306 e. The van der Waals surface area contributed by atoms with E-state index in [2.05, 4.69) is 26.0 Å². The van der Waals surface area contributed by atoms with Gasteiger partial charge in [-0.1, -0.05) is 154 Å². The fraction of sp³-hybridized carbons (Fsp3) is 0.900. The second-order valence-electron chi connectivity index (χ2n) is 13.7.